The van der Waals surface area contributed by atoms with Crippen LogP contribution in [0.15, 0.2) is 18.2 Å². The highest BCUT2D eigenvalue weighted by Gasteiger charge is 2.34. The average molecular weight is 251 g/mol. The molecule has 17 heavy (non-hydrogen) atoms. The highest BCUT2D eigenvalue weighted by molar-refractivity contribution is 6.30. The third-order valence-corrected chi connectivity index (χ3v) is 3.19. The first-order chi connectivity index (χ1) is 8.10. The van der Waals surface area contributed by atoms with Gasteiger partial charge in [-0.05, 0) is 42.5 Å². The fourth-order valence-electron chi connectivity index (χ4n) is 2.05. The number of hydrogen-bond acceptors (Lipinski definition) is 3. The van der Waals surface area contributed by atoms with E-state index in [0.717, 1.165) is 5.56 Å². The van der Waals surface area contributed by atoms with E-state index in [-0.39, 0.29) is 12.0 Å². The second kappa shape index (κ2) is 4.64. The topological polar surface area (TPSA) is 76.1 Å². The Hall–Kier alpha value is -1.73. The molecular weight excluding hydrogens is 240 g/mol. The summed E-state index contributed by atoms with van der Waals surface area (Å²) in [5, 5.41) is 9.60. The van der Waals surface area contributed by atoms with Crippen LogP contribution < -0.4 is 5.73 Å². The van der Waals surface area contributed by atoms with Crippen LogP contribution in [0, 0.1) is 11.3 Å². The minimum Gasteiger partial charge on any atom is -0.446 e. The third kappa shape index (κ3) is 2.51. The highest BCUT2D eigenvalue weighted by Crippen LogP contribution is 2.40. The number of carbonyl (C=O) groups excluding carboxylic acids is 1. The molecule has 2 rings (SSSR count). The molecule has 4 nitrogen and oxygen atoms in total. The molecular formula is C12H11ClN2O2. The zero-order chi connectivity index (χ0) is 12.4. The number of halogens is 1. The van der Waals surface area contributed by atoms with E-state index in [0.29, 0.717) is 23.4 Å². The van der Waals surface area contributed by atoms with Gasteiger partial charge in [0.1, 0.15) is 6.10 Å². The summed E-state index contributed by atoms with van der Waals surface area (Å²) in [4.78, 5) is 10.5. The fraction of sp³-hybridized carbons (Fsp3) is 0.333. The Bertz CT molecular complexity index is 490. The van der Waals surface area contributed by atoms with E-state index in [1.807, 2.05) is 0 Å². The lowest BCUT2D eigenvalue weighted by molar-refractivity contribution is 0.0454. The smallest absolute Gasteiger partial charge is 0.404 e. The molecule has 0 unspecified atom stereocenters. The molecule has 1 saturated carbocycles. The van der Waals surface area contributed by atoms with Gasteiger partial charge in [0.25, 0.3) is 0 Å². The lowest BCUT2D eigenvalue weighted by Crippen LogP contribution is -2.34. The maximum absolute atomic E-state index is 10.5. The molecule has 0 bridgehead atoms. The second-order valence-electron chi connectivity index (χ2n) is 4.07. The first-order valence-electron chi connectivity index (χ1n) is 5.25. The predicted octanol–water partition coefficient (Wildman–Crippen LogP) is 2.55. The van der Waals surface area contributed by atoms with Gasteiger partial charge in [-0.1, -0.05) is 11.6 Å². The summed E-state index contributed by atoms with van der Waals surface area (Å²) in [7, 11) is 0. The van der Waals surface area contributed by atoms with Gasteiger partial charge < -0.3 is 10.5 Å². The van der Waals surface area contributed by atoms with Crippen LogP contribution in [0.5, 0.6) is 0 Å². The molecule has 1 aromatic rings. The van der Waals surface area contributed by atoms with Crippen LogP contribution in [-0.4, -0.2) is 12.2 Å². The number of nitrogens with two attached hydrogens (primary N) is 1. The Kier molecular flexibility index (Phi) is 3.21. The van der Waals surface area contributed by atoms with Crippen LogP contribution in [0.4, 0.5) is 4.79 Å². The normalized spacial score (nSPS) is 22.4. The van der Waals surface area contributed by atoms with Crippen molar-refractivity contribution in [1.29, 1.82) is 5.26 Å². The summed E-state index contributed by atoms with van der Waals surface area (Å²) in [6.45, 7) is 0. The molecule has 1 aliphatic carbocycles. The average Bonchev–Trinajstić information content (AvgIpc) is 2.22. The molecule has 1 amide bonds. The molecule has 0 heterocycles. The SMILES string of the molecule is N#Cc1ccc(Cl)cc1[C@H]1C[C@@H](OC(N)=O)C1. The number of amides is 1. The summed E-state index contributed by atoms with van der Waals surface area (Å²) >= 11 is 5.90. The van der Waals surface area contributed by atoms with E-state index in [4.69, 9.17) is 27.3 Å². The zero-order valence-corrected chi connectivity index (χ0v) is 9.78. The maximum Gasteiger partial charge on any atom is 0.404 e. The quantitative estimate of drug-likeness (QED) is 0.876. The highest BCUT2D eigenvalue weighted by atomic mass is 35.5. The summed E-state index contributed by atoms with van der Waals surface area (Å²) in [5.41, 5.74) is 6.48. The van der Waals surface area contributed by atoms with Crippen LogP contribution in [0.25, 0.3) is 0 Å². The molecule has 5 heteroatoms. The largest absolute Gasteiger partial charge is 0.446 e. The second-order valence-corrected chi connectivity index (χ2v) is 4.51. The molecule has 0 radical (unpaired) electrons. The van der Waals surface area contributed by atoms with Crippen molar-refractivity contribution in [1.82, 2.24) is 0 Å². The van der Waals surface area contributed by atoms with Gasteiger partial charge in [-0.15, -0.1) is 0 Å². The number of nitrogens with zero attached hydrogens (tertiary/aromatic N) is 1. The Morgan fingerprint density at radius 3 is 2.82 bits per heavy atom. The number of nitriles is 1. The van der Waals surface area contributed by atoms with E-state index in [1.54, 1.807) is 18.2 Å². The Labute approximate surface area is 104 Å². The minimum atomic E-state index is -0.750. The van der Waals surface area contributed by atoms with Crippen molar-refractivity contribution in [3.8, 4) is 6.07 Å². The van der Waals surface area contributed by atoms with Crippen molar-refractivity contribution in [2.24, 2.45) is 5.73 Å². The zero-order valence-electron chi connectivity index (χ0n) is 9.02. The first-order valence-corrected chi connectivity index (χ1v) is 5.63. The van der Waals surface area contributed by atoms with Crippen molar-refractivity contribution < 1.29 is 9.53 Å². The van der Waals surface area contributed by atoms with Gasteiger partial charge in [-0.2, -0.15) is 5.26 Å². The van der Waals surface area contributed by atoms with Gasteiger partial charge >= 0.3 is 6.09 Å². The minimum absolute atomic E-state index is 0.136. The molecule has 0 aromatic heterocycles. The van der Waals surface area contributed by atoms with Gasteiger partial charge in [0, 0.05) is 5.02 Å². The molecule has 0 aliphatic heterocycles. The third-order valence-electron chi connectivity index (χ3n) is 2.95. The number of rotatable bonds is 2. The van der Waals surface area contributed by atoms with Gasteiger partial charge in [0.15, 0.2) is 0 Å². The van der Waals surface area contributed by atoms with E-state index in [1.165, 1.54) is 0 Å². The van der Waals surface area contributed by atoms with Gasteiger partial charge in [0.05, 0.1) is 11.6 Å². The van der Waals surface area contributed by atoms with Crippen molar-refractivity contribution in [2.45, 2.75) is 24.9 Å². The summed E-state index contributed by atoms with van der Waals surface area (Å²) in [6.07, 6.45) is 0.499. The number of benzene rings is 1. The Morgan fingerprint density at radius 1 is 1.53 bits per heavy atom. The maximum atomic E-state index is 10.5. The van der Waals surface area contributed by atoms with E-state index >= 15 is 0 Å². The first kappa shape index (κ1) is 11.7. The number of hydrogen-bond donors (Lipinski definition) is 1. The number of primary amides is 1. The van der Waals surface area contributed by atoms with Gasteiger partial charge in [-0.3, -0.25) is 0 Å². The number of carbonyl (C=O) groups is 1. The predicted molar refractivity (Wildman–Crippen MR) is 62.6 cm³/mol. The van der Waals surface area contributed by atoms with Crippen LogP contribution in [0.1, 0.15) is 29.9 Å². The van der Waals surface area contributed by atoms with Crippen LogP contribution >= 0.6 is 11.6 Å². The standard InChI is InChI=1S/C12H11ClN2O2/c13-9-2-1-7(6-14)11(5-9)8-3-10(4-8)17-12(15)16/h1-2,5,8,10H,3-4H2,(H2,15,16)/t8-,10+. The lowest BCUT2D eigenvalue weighted by Gasteiger charge is -2.34. The van der Waals surface area contributed by atoms with E-state index in [9.17, 15) is 4.79 Å². The van der Waals surface area contributed by atoms with Crippen LogP contribution in [-0.2, 0) is 4.74 Å². The van der Waals surface area contributed by atoms with E-state index in [2.05, 4.69) is 6.07 Å². The monoisotopic (exact) mass is 250 g/mol. The Morgan fingerprint density at radius 2 is 2.24 bits per heavy atom. The molecule has 1 aliphatic rings. The molecule has 1 fully saturated rings. The van der Waals surface area contributed by atoms with Crippen molar-refractivity contribution in [3.63, 3.8) is 0 Å². The molecule has 0 saturated heterocycles. The lowest BCUT2D eigenvalue weighted by atomic mass is 9.76. The summed E-state index contributed by atoms with van der Waals surface area (Å²) in [5.74, 6) is 0.215. The van der Waals surface area contributed by atoms with Gasteiger partial charge in [-0.25, -0.2) is 4.79 Å². The summed E-state index contributed by atoms with van der Waals surface area (Å²) in [6, 6.07) is 7.34. The molecule has 0 spiro atoms. The van der Waals surface area contributed by atoms with Crippen molar-refractivity contribution in [2.75, 3.05) is 0 Å². The van der Waals surface area contributed by atoms with Crippen molar-refractivity contribution in [3.05, 3.63) is 34.3 Å². The molecule has 88 valence electrons. The summed E-state index contributed by atoms with van der Waals surface area (Å²) < 4.78 is 4.86. The fourth-order valence-corrected chi connectivity index (χ4v) is 2.23. The molecule has 2 N–H and O–H groups in total. The molecule has 0 atom stereocenters. The molecule has 1 aromatic carbocycles. The van der Waals surface area contributed by atoms with Crippen LogP contribution in [0.3, 0.4) is 0 Å². The Balaban J connectivity index is 2.08. The van der Waals surface area contributed by atoms with Gasteiger partial charge in [0.2, 0.25) is 0 Å². The van der Waals surface area contributed by atoms with Crippen LogP contribution in [0.2, 0.25) is 5.02 Å². The van der Waals surface area contributed by atoms with E-state index < -0.39 is 6.09 Å². The van der Waals surface area contributed by atoms with Crippen molar-refractivity contribution >= 4 is 17.7 Å². The number of ether oxygens (including phenoxy) is 1.